The number of rotatable bonds is 5. The number of carbonyl (C=O) groups is 2. The molecule has 2 aliphatic heterocycles. The summed E-state index contributed by atoms with van der Waals surface area (Å²) in [7, 11) is 4.34. The molecule has 0 aromatic carbocycles. The lowest BCUT2D eigenvalue weighted by Gasteiger charge is -2.54. The van der Waals surface area contributed by atoms with Gasteiger partial charge in [-0.15, -0.1) is 0 Å². The molecule has 1 amide bonds. The van der Waals surface area contributed by atoms with Gasteiger partial charge >= 0.3 is 0 Å². The summed E-state index contributed by atoms with van der Waals surface area (Å²) in [4.78, 5) is 30.1. The number of nitrogens with zero attached hydrogens (tertiary/aromatic N) is 2. The highest BCUT2D eigenvalue weighted by Crippen LogP contribution is 2.41. The Labute approximate surface area is 179 Å². The van der Waals surface area contributed by atoms with E-state index in [2.05, 4.69) is 84.6 Å². The molecule has 1 N–H and O–H groups in total. The van der Waals surface area contributed by atoms with Gasteiger partial charge in [-0.3, -0.25) is 19.4 Å². The van der Waals surface area contributed by atoms with E-state index in [0.29, 0.717) is 12.3 Å². The van der Waals surface area contributed by atoms with Crippen LogP contribution in [0, 0.1) is 5.92 Å². The first-order valence-corrected chi connectivity index (χ1v) is 11.3. The van der Waals surface area contributed by atoms with E-state index in [-0.39, 0.29) is 46.3 Å². The average Bonchev–Trinajstić information content (AvgIpc) is 2.48. The number of hydrogen-bond acceptors (Lipinski definition) is 4. The van der Waals surface area contributed by atoms with Crippen LogP contribution in [0.15, 0.2) is 0 Å². The molecule has 0 spiro atoms. The molecule has 168 valence electrons. The summed E-state index contributed by atoms with van der Waals surface area (Å²) in [5.41, 5.74) is 0.185. The Morgan fingerprint density at radius 2 is 1.14 bits per heavy atom. The van der Waals surface area contributed by atoms with Crippen molar-refractivity contribution in [2.24, 2.45) is 5.92 Å². The van der Waals surface area contributed by atoms with E-state index in [1.54, 1.807) is 0 Å². The Kier molecular flexibility index (Phi) is 6.68. The maximum atomic E-state index is 12.7. The Hall–Kier alpha value is -0.940. The highest BCUT2D eigenvalue weighted by molar-refractivity contribution is 5.98. The van der Waals surface area contributed by atoms with Gasteiger partial charge in [0.2, 0.25) is 5.91 Å². The molecule has 29 heavy (non-hydrogen) atoms. The molecular formula is C24H45N3O2. The summed E-state index contributed by atoms with van der Waals surface area (Å²) in [5, 5.41) is 3.16. The average molecular weight is 408 g/mol. The predicted molar refractivity (Wildman–Crippen MR) is 120 cm³/mol. The Morgan fingerprint density at radius 3 is 1.55 bits per heavy atom. The number of likely N-dealkylation sites (tertiary alicyclic amines) is 2. The van der Waals surface area contributed by atoms with Gasteiger partial charge in [0, 0.05) is 34.6 Å². The molecule has 0 aromatic heterocycles. The van der Waals surface area contributed by atoms with Crippen molar-refractivity contribution in [3.05, 3.63) is 0 Å². The van der Waals surface area contributed by atoms with Crippen LogP contribution in [0.25, 0.3) is 0 Å². The van der Waals surface area contributed by atoms with E-state index < -0.39 is 0 Å². The zero-order valence-corrected chi connectivity index (χ0v) is 20.6. The molecule has 0 aromatic rings. The van der Waals surface area contributed by atoms with Crippen molar-refractivity contribution in [3.63, 3.8) is 0 Å². The molecule has 0 bridgehead atoms. The van der Waals surface area contributed by atoms with Gasteiger partial charge in [0.1, 0.15) is 5.78 Å². The monoisotopic (exact) mass is 407 g/mol. The molecule has 0 saturated carbocycles. The van der Waals surface area contributed by atoms with Gasteiger partial charge in [-0.25, -0.2) is 0 Å². The predicted octanol–water partition coefficient (Wildman–Crippen LogP) is 4.00. The molecule has 2 saturated heterocycles. The maximum absolute atomic E-state index is 12.7. The van der Waals surface area contributed by atoms with E-state index in [1.807, 2.05) is 0 Å². The molecule has 0 aliphatic carbocycles. The summed E-state index contributed by atoms with van der Waals surface area (Å²) in [6.07, 6.45) is 4.34. The van der Waals surface area contributed by atoms with Crippen molar-refractivity contribution >= 4 is 11.7 Å². The lowest BCUT2D eigenvalue weighted by molar-refractivity contribution is -0.130. The van der Waals surface area contributed by atoms with Crippen molar-refractivity contribution in [1.29, 1.82) is 0 Å². The fourth-order valence-electron chi connectivity index (χ4n) is 6.05. The van der Waals surface area contributed by atoms with E-state index in [9.17, 15) is 9.59 Å². The number of carbonyl (C=O) groups excluding carboxylic acids is 2. The van der Waals surface area contributed by atoms with Crippen LogP contribution in [0.2, 0.25) is 0 Å². The van der Waals surface area contributed by atoms with Crippen molar-refractivity contribution in [3.8, 4) is 0 Å². The molecule has 2 heterocycles. The standard InChI is InChI=1S/C24H45N3O2/c1-21(2)13-17(14-22(3,4)26(21)9)11-19(28)12-20(29)25-18-15-23(5,6)27(10)24(7,8)16-18/h17-18H,11-16H2,1-10H3,(H,25,29). The Morgan fingerprint density at radius 1 is 0.759 bits per heavy atom. The molecule has 0 unspecified atom stereocenters. The second kappa shape index (κ2) is 7.96. The van der Waals surface area contributed by atoms with Crippen LogP contribution < -0.4 is 5.32 Å². The van der Waals surface area contributed by atoms with E-state index in [1.165, 1.54) is 0 Å². The minimum Gasteiger partial charge on any atom is -0.353 e. The Balaban J connectivity index is 1.91. The van der Waals surface area contributed by atoms with Gasteiger partial charge in [-0.1, -0.05) is 0 Å². The molecule has 2 aliphatic rings. The minimum absolute atomic E-state index is 0.0143. The van der Waals surface area contributed by atoms with Crippen LogP contribution in [-0.4, -0.2) is 63.8 Å². The first-order chi connectivity index (χ1) is 13.0. The summed E-state index contributed by atoms with van der Waals surface area (Å²) < 4.78 is 0. The van der Waals surface area contributed by atoms with Crippen LogP contribution in [0.3, 0.4) is 0 Å². The third-order valence-electron chi connectivity index (χ3n) is 7.94. The van der Waals surface area contributed by atoms with E-state index >= 15 is 0 Å². The third kappa shape index (κ3) is 5.61. The second-order valence-electron chi connectivity index (χ2n) is 12.2. The number of Topliss-reactive ketones (excluding diaryl/α,β-unsaturated/α-hetero) is 1. The number of amides is 1. The maximum Gasteiger partial charge on any atom is 0.227 e. The molecule has 0 atom stereocenters. The number of ketones is 1. The number of hydrogen-bond donors (Lipinski definition) is 1. The van der Waals surface area contributed by atoms with Gasteiger partial charge in [0.15, 0.2) is 0 Å². The summed E-state index contributed by atoms with van der Waals surface area (Å²) in [5.74, 6) is 0.315. The zero-order valence-electron chi connectivity index (χ0n) is 20.6. The lowest BCUT2D eigenvalue weighted by Crippen LogP contribution is -2.62. The van der Waals surface area contributed by atoms with Gasteiger partial charge < -0.3 is 5.32 Å². The first kappa shape index (κ1) is 24.3. The van der Waals surface area contributed by atoms with Gasteiger partial charge in [0.05, 0.1) is 6.42 Å². The molecule has 2 rings (SSSR count). The van der Waals surface area contributed by atoms with Crippen LogP contribution >= 0.6 is 0 Å². The summed E-state index contributed by atoms with van der Waals surface area (Å²) in [6.45, 7) is 17.9. The second-order valence-corrected chi connectivity index (χ2v) is 12.2. The fourth-order valence-corrected chi connectivity index (χ4v) is 6.05. The lowest BCUT2D eigenvalue weighted by atomic mass is 9.72. The molecule has 5 heteroatoms. The Bertz CT molecular complexity index is 546. The number of nitrogens with one attached hydrogen (secondary N) is 1. The topological polar surface area (TPSA) is 52.7 Å². The van der Waals surface area contributed by atoms with E-state index in [4.69, 9.17) is 0 Å². The number of piperidine rings is 2. The van der Waals surface area contributed by atoms with Crippen molar-refractivity contribution in [2.75, 3.05) is 14.1 Å². The molecule has 2 fully saturated rings. The van der Waals surface area contributed by atoms with Crippen molar-refractivity contribution < 1.29 is 9.59 Å². The van der Waals surface area contributed by atoms with E-state index in [0.717, 1.165) is 25.7 Å². The quantitative estimate of drug-likeness (QED) is 0.700. The van der Waals surface area contributed by atoms with Crippen molar-refractivity contribution in [2.45, 2.75) is 122 Å². The smallest absolute Gasteiger partial charge is 0.227 e. The SMILES string of the molecule is CN1C(C)(C)CC(CC(=O)CC(=O)NC2CC(C)(C)N(C)C(C)(C)C2)CC1(C)C. The molecule has 0 radical (unpaired) electrons. The summed E-state index contributed by atoms with van der Waals surface area (Å²) >= 11 is 0. The highest BCUT2D eigenvalue weighted by atomic mass is 16.2. The van der Waals surface area contributed by atoms with Gasteiger partial charge in [-0.2, -0.15) is 0 Å². The zero-order chi connectivity index (χ0) is 22.4. The van der Waals surface area contributed by atoms with Gasteiger partial charge in [-0.05, 0) is 101 Å². The van der Waals surface area contributed by atoms with Crippen LogP contribution in [0.1, 0.15) is 93.9 Å². The van der Waals surface area contributed by atoms with Crippen LogP contribution in [0.4, 0.5) is 0 Å². The fraction of sp³-hybridized carbons (Fsp3) is 0.917. The van der Waals surface area contributed by atoms with Crippen LogP contribution in [-0.2, 0) is 9.59 Å². The minimum atomic E-state index is -0.109. The molecule has 5 nitrogen and oxygen atoms in total. The normalized spacial score (nSPS) is 27.5. The van der Waals surface area contributed by atoms with Crippen LogP contribution in [0.5, 0.6) is 0 Å². The summed E-state index contributed by atoms with van der Waals surface area (Å²) in [6, 6.07) is 0.123. The third-order valence-corrected chi connectivity index (χ3v) is 7.94. The van der Waals surface area contributed by atoms with Crippen molar-refractivity contribution in [1.82, 2.24) is 15.1 Å². The highest BCUT2D eigenvalue weighted by Gasteiger charge is 2.44. The first-order valence-electron chi connectivity index (χ1n) is 11.3. The molecular weight excluding hydrogens is 362 g/mol. The van der Waals surface area contributed by atoms with Gasteiger partial charge in [0.25, 0.3) is 0 Å². The largest absolute Gasteiger partial charge is 0.353 e.